The molecule has 5 rings (SSSR count). The number of pyridine rings is 1. The van der Waals surface area contributed by atoms with Gasteiger partial charge in [-0.15, -0.1) is 0 Å². The maximum atomic E-state index is 13.2. The van der Waals surface area contributed by atoms with Crippen LogP contribution in [0.15, 0.2) is 18.3 Å². The van der Waals surface area contributed by atoms with Gasteiger partial charge in [0.05, 0.1) is 18.9 Å². The Labute approximate surface area is 188 Å². The molecule has 1 amide bonds. The fourth-order valence-corrected chi connectivity index (χ4v) is 4.71. The van der Waals surface area contributed by atoms with Crippen molar-refractivity contribution in [2.45, 2.75) is 46.1 Å². The molecule has 3 aromatic rings. The van der Waals surface area contributed by atoms with E-state index in [1.165, 1.54) is 17.7 Å². The minimum Gasteiger partial charge on any atom is -0.378 e. The van der Waals surface area contributed by atoms with Gasteiger partial charge in [-0.3, -0.25) is 4.79 Å². The molecule has 1 aliphatic carbocycles. The van der Waals surface area contributed by atoms with Crippen LogP contribution in [0, 0.1) is 13.8 Å². The topological polar surface area (TPSA) is 84.7 Å². The lowest BCUT2D eigenvalue weighted by Crippen LogP contribution is -2.41. The van der Waals surface area contributed by atoms with E-state index >= 15 is 0 Å². The molecule has 4 heterocycles. The number of amides is 1. The van der Waals surface area contributed by atoms with Crippen LogP contribution in [0.25, 0.3) is 5.65 Å². The van der Waals surface area contributed by atoms with Crippen LogP contribution in [-0.2, 0) is 30.5 Å². The second-order valence-electron chi connectivity index (χ2n) is 8.63. The first kappa shape index (κ1) is 21.0. The predicted octanol–water partition coefficient (Wildman–Crippen LogP) is 2.03. The molecule has 2 aliphatic rings. The molecule has 0 saturated carbocycles. The Morgan fingerprint density at radius 1 is 1.16 bits per heavy atom. The highest BCUT2D eigenvalue weighted by molar-refractivity contribution is 5.94. The molecular formula is C24H30N6O2. The van der Waals surface area contributed by atoms with E-state index < -0.39 is 0 Å². The number of aryl methyl sites for hydroxylation is 3. The molecule has 168 valence electrons. The van der Waals surface area contributed by atoms with E-state index in [4.69, 9.17) is 19.7 Å². The minimum absolute atomic E-state index is 0.0224. The van der Waals surface area contributed by atoms with Crippen molar-refractivity contribution in [2.24, 2.45) is 0 Å². The molecule has 0 bridgehead atoms. The number of hydrogen-bond donors (Lipinski definition) is 1. The normalized spacial score (nSPS) is 16.0. The van der Waals surface area contributed by atoms with Gasteiger partial charge in [0.2, 0.25) is 0 Å². The van der Waals surface area contributed by atoms with E-state index in [1.54, 1.807) is 0 Å². The summed E-state index contributed by atoms with van der Waals surface area (Å²) in [5, 5.41) is 3.50. The van der Waals surface area contributed by atoms with Crippen LogP contribution in [0.1, 0.15) is 50.9 Å². The molecule has 1 fully saturated rings. The zero-order chi connectivity index (χ0) is 22.1. The lowest BCUT2D eigenvalue weighted by Gasteiger charge is -2.26. The third kappa shape index (κ3) is 4.00. The lowest BCUT2D eigenvalue weighted by atomic mass is 10.2. The summed E-state index contributed by atoms with van der Waals surface area (Å²) < 4.78 is 7.44. The highest BCUT2D eigenvalue weighted by atomic mass is 16.5. The van der Waals surface area contributed by atoms with Crippen molar-refractivity contribution in [2.75, 3.05) is 32.8 Å². The molecule has 1 N–H and O–H groups in total. The molecule has 32 heavy (non-hydrogen) atoms. The quantitative estimate of drug-likeness (QED) is 0.598. The summed E-state index contributed by atoms with van der Waals surface area (Å²) in [6, 6.07) is 4.02. The molecule has 0 unspecified atom stereocenters. The first-order valence-corrected chi connectivity index (χ1v) is 11.5. The number of rotatable bonds is 6. The molecule has 0 aromatic carbocycles. The van der Waals surface area contributed by atoms with Gasteiger partial charge in [0.15, 0.2) is 5.69 Å². The van der Waals surface area contributed by atoms with Crippen molar-refractivity contribution in [1.29, 1.82) is 0 Å². The Morgan fingerprint density at radius 2 is 2.00 bits per heavy atom. The number of nitrogens with zero attached hydrogens (tertiary/aromatic N) is 5. The van der Waals surface area contributed by atoms with Crippen LogP contribution in [0.5, 0.6) is 0 Å². The summed E-state index contributed by atoms with van der Waals surface area (Å²) >= 11 is 0. The van der Waals surface area contributed by atoms with E-state index in [0.29, 0.717) is 38.5 Å². The van der Waals surface area contributed by atoms with Crippen LogP contribution < -0.4 is 5.32 Å². The first-order chi connectivity index (χ1) is 15.6. The van der Waals surface area contributed by atoms with Crippen molar-refractivity contribution < 1.29 is 9.53 Å². The molecular weight excluding hydrogens is 404 g/mol. The number of fused-ring (bicyclic) bond motifs is 2. The maximum absolute atomic E-state index is 13.2. The highest BCUT2D eigenvalue weighted by Crippen LogP contribution is 2.22. The molecule has 8 nitrogen and oxygen atoms in total. The number of carbonyl (C=O) groups excluding carboxylic acids is 1. The van der Waals surface area contributed by atoms with Gasteiger partial charge in [0, 0.05) is 50.2 Å². The summed E-state index contributed by atoms with van der Waals surface area (Å²) in [6.45, 7) is 7.77. The number of nitrogens with one attached hydrogen (secondary N) is 1. The Morgan fingerprint density at radius 3 is 2.84 bits per heavy atom. The summed E-state index contributed by atoms with van der Waals surface area (Å²) in [5.41, 5.74) is 7.00. The molecule has 0 radical (unpaired) electrons. The van der Waals surface area contributed by atoms with Crippen LogP contribution in [0.4, 0.5) is 0 Å². The van der Waals surface area contributed by atoms with Crippen molar-refractivity contribution in [3.63, 3.8) is 0 Å². The van der Waals surface area contributed by atoms with Gasteiger partial charge in [-0.2, -0.15) is 0 Å². The predicted molar refractivity (Wildman–Crippen MR) is 121 cm³/mol. The van der Waals surface area contributed by atoms with E-state index in [1.807, 2.05) is 34.6 Å². The fourth-order valence-electron chi connectivity index (χ4n) is 4.71. The van der Waals surface area contributed by atoms with Crippen molar-refractivity contribution in [1.82, 2.24) is 29.6 Å². The summed E-state index contributed by atoms with van der Waals surface area (Å²) in [7, 11) is 0. The third-order valence-corrected chi connectivity index (χ3v) is 6.45. The van der Waals surface area contributed by atoms with E-state index in [9.17, 15) is 4.79 Å². The van der Waals surface area contributed by atoms with Crippen LogP contribution in [0.2, 0.25) is 0 Å². The van der Waals surface area contributed by atoms with Gasteiger partial charge in [-0.05, 0) is 50.3 Å². The van der Waals surface area contributed by atoms with Crippen molar-refractivity contribution >= 4 is 11.6 Å². The first-order valence-electron chi connectivity index (χ1n) is 11.5. The highest BCUT2D eigenvalue weighted by Gasteiger charge is 2.25. The monoisotopic (exact) mass is 434 g/mol. The lowest BCUT2D eigenvalue weighted by molar-refractivity contribution is 0.0298. The zero-order valence-electron chi connectivity index (χ0n) is 18.9. The van der Waals surface area contributed by atoms with Crippen LogP contribution >= 0.6 is 0 Å². The van der Waals surface area contributed by atoms with E-state index in [2.05, 4.69) is 12.2 Å². The van der Waals surface area contributed by atoms with Gasteiger partial charge < -0.3 is 19.4 Å². The fraction of sp³-hybridized carbons (Fsp3) is 0.500. The molecule has 0 atom stereocenters. The Hall–Kier alpha value is -2.84. The number of ether oxygens (including phenoxy) is 1. The standard InChI is InChI=1S/C24H30N6O2/c1-16-5-4-10-30-20(22(28-23(16)30)24(31)29-11-13-32-14-12-29)15-25-9-8-21-26-17(2)18-6-3-7-19(18)27-21/h4-5,10,25H,3,6-9,11-15H2,1-2H3. The Balaban J connectivity index is 1.32. The minimum atomic E-state index is -0.0224. The molecule has 3 aromatic heterocycles. The van der Waals surface area contributed by atoms with Gasteiger partial charge in [0.25, 0.3) is 5.91 Å². The Kier molecular flexibility index (Phi) is 5.89. The van der Waals surface area contributed by atoms with E-state index in [-0.39, 0.29) is 5.91 Å². The number of morpholine rings is 1. The second kappa shape index (κ2) is 8.96. The van der Waals surface area contributed by atoms with Gasteiger partial charge in [-0.25, -0.2) is 15.0 Å². The molecule has 1 saturated heterocycles. The molecule has 1 aliphatic heterocycles. The smallest absolute Gasteiger partial charge is 0.274 e. The summed E-state index contributed by atoms with van der Waals surface area (Å²) in [4.78, 5) is 29.3. The second-order valence-corrected chi connectivity index (χ2v) is 8.63. The zero-order valence-corrected chi connectivity index (χ0v) is 18.9. The number of hydrogen-bond acceptors (Lipinski definition) is 6. The molecule has 8 heteroatoms. The van der Waals surface area contributed by atoms with Crippen molar-refractivity contribution in [3.05, 3.63) is 58.1 Å². The number of imidazole rings is 1. The van der Waals surface area contributed by atoms with Gasteiger partial charge >= 0.3 is 0 Å². The number of carbonyl (C=O) groups is 1. The maximum Gasteiger partial charge on any atom is 0.274 e. The largest absolute Gasteiger partial charge is 0.378 e. The summed E-state index contributed by atoms with van der Waals surface area (Å²) in [5.74, 6) is 0.875. The summed E-state index contributed by atoms with van der Waals surface area (Å²) in [6.07, 6.45) is 6.09. The third-order valence-electron chi connectivity index (χ3n) is 6.45. The van der Waals surface area contributed by atoms with Crippen LogP contribution in [0.3, 0.4) is 0 Å². The Bertz CT molecular complexity index is 1150. The van der Waals surface area contributed by atoms with E-state index in [0.717, 1.165) is 54.2 Å². The SMILES string of the molecule is Cc1nc(CCNCc2c(C(=O)N3CCOCC3)nc3c(C)cccn23)nc2c1CCC2. The molecule has 0 spiro atoms. The van der Waals surface area contributed by atoms with Crippen molar-refractivity contribution in [3.8, 4) is 0 Å². The average molecular weight is 435 g/mol. The number of aromatic nitrogens is 4. The van der Waals surface area contributed by atoms with Crippen LogP contribution in [-0.4, -0.2) is 63.0 Å². The average Bonchev–Trinajstić information content (AvgIpc) is 3.43. The van der Waals surface area contributed by atoms with Gasteiger partial charge in [0.1, 0.15) is 11.5 Å². The van der Waals surface area contributed by atoms with Gasteiger partial charge in [-0.1, -0.05) is 6.07 Å².